The van der Waals surface area contributed by atoms with Gasteiger partial charge in [-0.2, -0.15) is 0 Å². The van der Waals surface area contributed by atoms with Gasteiger partial charge in [0.25, 0.3) is 0 Å². The minimum absolute atomic E-state index is 0.243. The van der Waals surface area contributed by atoms with Gasteiger partial charge in [-0.1, -0.05) is 48.5 Å². The summed E-state index contributed by atoms with van der Waals surface area (Å²) in [6, 6.07) is 18.1. The van der Waals surface area contributed by atoms with Crippen molar-refractivity contribution >= 4 is 5.97 Å². The van der Waals surface area contributed by atoms with Crippen LogP contribution in [0.1, 0.15) is 22.8 Å². The lowest BCUT2D eigenvalue weighted by Crippen LogP contribution is -2.59. The molecular formula is C21H24O6. The van der Waals surface area contributed by atoms with E-state index in [1.54, 1.807) is 31.2 Å². The molecule has 2 unspecified atom stereocenters. The molecule has 27 heavy (non-hydrogen) atoms. The van der Waals surface area contributed by atoms with Crippen LogP contribution in [0.5, 0.6) is 0 Å². The zero-order valence-electron chi connectivity index (χ0n) is 15.1. The summed E-state index contributed by atoms with van der Waals surface area (Å²) in [6.45, 7) is 1.62. The summed E-state index contributed by atoms with van der Waals surface area (Å²) in [6.07, 6.45) is -4.09. The molecule has 0 amide bonds. The van der Waals surface area contributed by atoms with E-state index < -0.39 is 36.5 Å². The van der Waals surface area contributed by atoms with E-state index in [-0.39, 0.29) is 13.2 Å². The van der Waals surface area contributed by atoms with Crippen molar-refractivity contribution in [1.29, 1.82) is 0 Å². The molecular weight excluding hydrogens is 348 g/mol. The average molecular weight is 372 g/mol. The first-order valence-corrected chi connectivity index (χ1v) is 8.96. The maximum atomic E-state index is 12.5. The highest BCUT2D eigenvalue weighted by atomic mass is 16.6. The second-order valence-corrected chi connectivity index (χ2v) is 6.55. The Balaban J connectivity index is 1.76. The van der Waals surface area contributed by atoms with E-state index in [9.17, 15) is 15.0 Å². The third kappa shape index (κ3) is 4.73. The van der Waals surface area contributed by atoms with Gasteiger partial charge in [0.2, 0.25) is 0 Å². The number of ether oxygens (including phenoxy) is 3. The van der Waals surface area contributed by atoms with E-state index in [2.05, 4.69) is 0 Å². The van der Waals surface area contributed by atoms with E-state index in [4.69, 9.17) is 14.2 Å². The fourth-order valence-corrected chi connectivity index (χ4v) is 3.15. The molecule has 0 bridgehead atoms. The van der Waals surface area contributed by atoms with Crippen LogP contribution in [-0.2, 0) is 20.8 Å². The molecule has 1 heterocycles. The first-order chi connectivity index (χ1) is 13.1. The Labute approximate surface area is 158 Å². The molecule has 1 aliphatic rings. The minimum atomic E-state index is -1.12. The predicted octanol–water partition coefficient (Wildman–Crippen LogP) is 1.94. The van der Waals surface area contributed by atoms with Crippen molar-refractivity contribution in [2.45, 2.75) is 44.1 Å². The van der Waals surface area contributed by atoms with Gasteiger partial charge in [0.1, 0.15) is 18.3 Å². The summed E-state index contributed by atoms with van der Waals surface area (Å²) in [5.74, 6) is -0.515. The molecule has 6 nitrogen and oxygen atoms in total. The van der Waals surface area contributed by atoms with Gasteiger partial charge in [-0.3, -0.25) is 0 Å². The van der Waals surface area contributed by atoms with Crippen LogP contribution in [0.4, 0.5) is 0 Å². The molecule has 0 aliphatic carbocycles. The molecule has 5 atom stereocenters. The molecule has 1 fully saturated rings. The molecule has 6 heteroatoms. The highest BCUT2D eigenvalue weighted by Gasteiger charge is 2.46. The minimum Gasteiger partial charge on any atom is -0.453 e. The molecule has 2 N–H and O–H groups in total. The number of esters is 1. The van der Waals surface area contributed by atoms with Gasteiger partial charge < -0.3 is 24.4 Å². The number of aliphatic hydroxyl groups excluding tert-OH is 2. The second kappa shape index (κ2) is 9.10. The highest BCUT2D eigenvalue weighted by molar-refractivity contribution is 5.89. The maximum Gasteiger partial charge on any atom is 0.338 e. The van der Waals surface area contributed by atoms with Crippen molar-refractivity contribution < 1.29 is 29.2 Å². The third-order valence-corrected chi connectivity index (χ3v) is 4.61. The number of rotatable bonds is 6. The summed E-state index contributed by atoms with van der Waals surface area (Å²) in [4.78, 5) is 12.5. The Kier molecular flexibility index (Phi) is 6.58. The number of carbonyl (C=O) groups is 1. The quantitative estimate of drug-likeness (QED) is 0.754. The summed E-state index contributed by atoms with van der Waals surface area (Å²) < 4.78 is 17.2. The van der Waals surface area contributed by atoms with Crippen molar-refractivity contribution in [3.8, 4) is 0 Å². The van der Waals surface area contributed by atoms with E-state index in [0.29, 0.717) is 5.56 Å². The van der Waals surface area contributed by atoms with Crippen LogP contribution in [-0.4, -0.2) is 53.3 Å². The standard InChI is InChI=1S/C21H24O6/c1-14-19(27-21(24)16-10-6-3-7-11-16)20(18(23)17(12-22)26-14)25-13-15-8-4-2-5-9-15/h2-11,14,17-20,22-23H,12-13H2,1H3/t14-,17?,18+,19?,20-/m0/s1. The lowest BCUT2D eigenvalue weighted by molar-refractivity contribution is -0.239. The lowest BCUT2D eigenvalue weighted by atomic mass is 9.95. The smallest absolute Gasteiger partial charge is 0.338 e. The molecule has 0 spiro atoms. The monoisotopic (exact) mass is 372 g/mol. The highest BCUT2D eigenvalue weighted by Crippen LogP contribution is 2.27. The summed E-state index contributed by atoms with van der Waals surface area (Å²) in [5, 5.41) is 20.1. The molecule has 1 saturated heterocycles. The van der Waals surface area contributed by atoms with E-state index in [0.717, 1.165) is 5.56 Å². The zero-order valence-corrected chi connectivity index (χ0v) is 15.1. The summed E-state index contributed by atoms with van der Waals surface area (Å²) in [5.41, 5.74) is 1.34. The molecule has 0 aromatic heterocycles. The van der Waals surface area contributed by atoms with E-state index >= 15 is 0 Å². The van der Waals surface area contributed by atoms with Gasteiger partial charge in [0.15, 0.2) is 6.10 Å². The molecule has 0 saturated carbocycles. The van der Waals surface area contributed by atoms with Crippen LogP contribution < -0.4 is 0 Å². The van der Waals surface area contributed by atoms with Crippen molar-refractivity contribution in [3.63, 3.8) is 0 Å². The van der Waals surface area contributed by atoms with Crippen molar-refractivity contribution in [2.75, 3.05) is 6.61 Å². The lowest BCUT2D eigenvalue weighted by Gasteiger charge is -2.42. The van der Waals surface area contributed by atoms with Gasteiger partial charge in [-0.15, -0.1) is 0 Å². The Morgan fingerprint density at radius 2 is 1.67 bits per heavy atom. The van der Waals surface area contributed by atoms with Gasteiger partial charge in [-0.05, 0) is 24.6 Å². The maximum absolute atomic E-state index is 12.5. The predicted molar refractivity (Wildman–Crippen MR) is 98.1 cm³/mol. The number of carbonyl (C=O) groups excluding carboxylic acids is 1. The molecule has 2 aromatic carbocycles. The Morgan fingerprint density at radius 3 is 2.30 bits per heavy atom. The topological polar surface area (TPSA) is 85.2 Å². The van der Waals surface area contributed by atoms with Crippen molar-refractivity contribution in [2.24, 2.45) is 0 Å². The second-order valence-electron chi connectivity index (χ2n) is 6.55. The van der Waals surface area contributed by atoms with Gasteiger partial charge in [0, 0.05) is 0 Å². The van der Waals surface area contributed by atoms with Crippen LogP contribution in [0.2, 0.25) is 0 Å². The Bertz CT molecular complexity index is 720. The fraction of sp³-hybridized carbons (Fsp3) is 0.381. The zero-order chi connectivity index (χ0) is 19.2. The molecule has 144 valence electrons. The van der Waals surface area contributed by atoms with Crippen molar-refractivity contribution in [3.05, 3.63) is 71.8 Å². The Hall–Kier alpha value is -2.25. The SMILES string of the molecule is C[C@@H]1OC(CO)[C@@H](O)[C@H](OCc2ccccc2)C1OC(=O)c1ccccc1. The van der Waals surface area contributed by atoms with Crippen LogP contribution in [0.15, 0.2) is 60.7 Å². The Morgan fingerprint density at radius 1 is 1.04 bits per heavy atom. The molecule has 3 rings (SSSR count). The number of benzene rings is 2. The number of hydrogen-bond acceptors (Lipinski definition) is 6. The molecule has 0 radical (unpaired) electrons. The van der Waals surface area contributed by atoms with Crippen LogP contribution in [0, 0.1) is 0 Å². The first kappa shape index (κ1) is 19.5. The van der Waals surface area contributed by atoms with Gasteiger partial charge in [0.05, 0.1) is 24.9 Å². The normalized spacial score (nSPS) is 27.9. The summed E-state index contributed by atoms with van der Waals surface area (Å²) >= 11 is 0. The first-order valence-electron chi connectivity index (χ1n) is 8.96. The molecule has 2 aromatic rings. The van der Waals surface area contributed by atoms with Gasteiger partial charge in [-0.25, -0.2) is 4.79 Å². The van der Waals surface area contributed by atoms with E-state index in [1.807, 2.05) is 36.4 Å². The molecule has 1 aliphatic heterocycles. The average Bonchev–Trinajstić information content (AvgIpc) is 2.71. The third-order valence-electron chi connectivity index (χ3n) is 4.61. The van der Waals surface area contributed by atoms with Crippen LogP contribution >= 0.6 is 0 Å². The summed E-state index contributed by atoms with van der Waals surface area (Å²) in [7, 11) is 0. The number of hydrogen-bond donors (Lipinski definition) is 2. The fourth-order valence-electron chi connectivity index (χ4n) is 3.15. The largest absolute Gasteiger partial charge is 0.453 e. The van der Waals surface area contributed by atoms with Crippen LogP contribution in [0.25, 0.3) is 0 Å². The van der Waals surface area contributed by atoms with Gasteiger partial charge >= 0.3 is 5.97 Å². The number of aliphatic hydroxyl groups is 2. The van der Waals surface area contributed by atoms with Crippen molar-refractivity contribution in [1.82, 2.24) is 0 Å². The van der Waals surface area contributed by atoms with Crippen LogP contribution in [0.3, 0.4) is 0 Å². The van der Waals surface area contributed by atoms with E-state index in [1.165, 1.54) is 0 Å².